The van der Waals surface area contributed by atoms with E-state index in [1.54, 1.807) is 30.3 Å². The van der Waals surface area contributed by atoms with E-state index in [4.69, 9.17) is 27.8 Å². The van der Waals surface area contributed by atoms with Gasteiger partial charge in [-0.3, -0.25) is 5.73 Å². The number of halogens is 3. The Kier molecular flexibility index (Phi) is 4.86. The summed E-state index contributed by atoms with van der Waals surface area (Å²) in [6, 6.07) is 13.5. The predicted octanol–water partition coefficient (Wildman–Crippen LogP) is 4.39. The summed E-state index contributed by atoms with van der Waals surface area (Å²) >= 11 is 6.32. The molecule has 29 heavy (non-hydrogen) atoms. The van der Waals surface area contributed by atoms with Crippen molar-refractivity contribution in [2.45, 2.75) is 12.3 Å². The summed E-state index contributed by atoms with van der Waals surface area (Å²) in [5, 5.41) is 3.12. The Hall–Kier alpha value is -3.16. The third-order valence-corrected chi connectivity index (χ3v) is 4.95. The van der Waals surface area contributed by atoms with Gasteiger partial charge >= 0.3 is 0 Å². The lowest BCUT2D eigenvalue weighted by molar-refractivity contribution is 0.303. The van der Waals surface area contributed by atoms with Crippen molar-refractivity contribution >= 4 is 29.3 Å². The lowest BCUT2D eigenvalue weighted by atomic mass is 9.89. The molecule has 1 unspecified atom stereocenters. The Morgan fingerprint density at radius 2 is 1.90 bits per heavy atom. The Bertz CT molecular complexity index is 1120. The molecule has 1 heterocycles. The van der Waals surface area contributed by atoms with Crippen LogP contribution >= 0.6 is 11.6 Å². The summed E-state index contributed by atoms with van der Waals surface area (Å²) in [6.07, 6.45) is 1.40. The molecule has 8 heteroatoms. The number of rotatable bonds is 4. The number of anilines is 2. The van der Waals surface area contributed by atoms with Gasteiger partial charge in [0.15, 0.2) is 5.66 Å². The zero-order valence-electron chi connectivity index (χ0n) is 15.1. The SMILES string of the molecule is Nc1ccc2c(c1)C(N)(c1cc(Cl)c(OCc3cccc(F)c3)cc1F)N=CN2. The molecule has 5 N–H and O–H groups in total. The molecule has 0 aromatic heterocycles. The van der Waals surface area contributed by atoms with Crippen LogP contribution in [0.5, 0.6) is 5.75 Å². The van der Waals surface area contributed by atoms with Gasteiger partial charge in [-0.25, -0.2) is 13.8 Å². The number of nitrogens with two attached hydrogens (primary N) is 2. The minimum atomic E-state index is -1.51. The van der Waals surface area contributed by atoms with Gasteiger partial charge < -0.3 is 15.8 Å². The van der Waals surface area contributed by atoms with E-state index >= 15 is 4.39 Å². The topological polar surface area (TPSA) is 85.7 Å². The van der Waals surface area contributed by atoms with Crippen molar-refractivity contribution in [3.63, 3.8) is 0 Å². The highest BCUT2D eigenvalue weighted by Crippen LogP contribution is 2.40. The van der Waals surface area contributed by atoms with Gasteiger partial charge in [0.05, 0.1) is 11.4 Å². The minimum absolute atomic E-state index is 0.0332. The molecule has 1 aliphatic rings. The van der Waals surface area contributed by atoms with E-state index in [0.29, 0.717) is 22.5 Å². The van der Waals surface area contributed by atoms with Gasteiger partial charge in [0, 0.05) is 28.6 Å². The van der Waals surface area contributed by atoms with Crippen molar-refractivity contribution < 1.29 is 13.5 Å². The summed E-state index contributed by atoms with van der Waals surface area (Å²) in [5.74, 6) is -0.907. The molecule has 0 radical (unpaired) electrons. The predicted molar refractivity (Wildman–Crippen MR) is 110 cm³/mol. The molecule has 148 valence electrons. The molecule has 0 bridgehead atoms. The fourth-order valence-electron chi connectivity index (χ4n) is 3.21. The van der Waals surface area contributed by atoms with Crippen LogP contribution in [-0.2, 0) is 12.3 Å². The van der Waals surface area contributed by atoms with Crippen molar-refractivity contribution in [1.82, 2.24) is 0 Å². The Balaban J connectivity index is 1.68. The van der Waals surface area contributed by atoms with Gasteiger partial charge in [0.25, 0.3) is 0 Å². The van der Waals surface area contributed by atoms with E-state index < -0.39 is 11.5 Å². The van der Waals surface area contributed by atoms with Crippen LogP contribution in [0.15, 0.2) is 59.6 Å². The molecule has 5 nitrogen and oxygen atoms in total. The first-order valence-corrected chi connectivity index (χ1v) is 9.10. The van der Waals surface area contributed by atoms with Crippen LogP contribution in [0.3, 0.4) is 0 Å². The summed E-state index contributed by atoms with van der Waals surface area (Å²) in [4.78, 5) is 4.25. The second kappa shape index (κ2) is 7.35. The molecule has 0 amide bonds. The summed E-state index contributed by atoms with van der Waals surface area (Å²) in [5.41, 5.74) is 13.2. The summed E-state index contributed by atoms with van der Waals surface area (Å²) in [7, 11) is 0. The normalized spacial score (nSPS) is 17.5. The molecule has 3 aromatic rings. The Labute approximate surface area is 171 Å². The molecule has 0 saturated heterocycles. The van der Waals surface area contributed by atoms with Crippen molar-refractivity contribution in [3.05, 3.63) is 87.9 Å². The average molecular weight is 415 g/mol. The fourth-order valence-corrected chi connectivity index (χ4v) is 3.43. The summed E-state index contributed by atoms with van der Waals surface area (Å²) < 4.78 is 33.9. The van der Waals surface area contributed by atoms with E-state index in [1.165, 1.54) is 24.5 Å². The number of aliphatic imine (C=N–C) groups is 1. The zero-order chi connectivity index (χ0) is 20.6. The number of fused-ring (bicyclic) bond motifs is 1. The van der Waals surface area contributed by atoms with Gasteiger partial charge in [-0.1, -0.05) is 23.7 Å². The van der Waals surface area contributed by atoms with Crippen molar-refractivity contribution in [1.29, 1.82) is 0 Å². The lowest BCUT2D eigenvalue weighted by Gasteiger charge is -2.32. The first-order valence-electron chi connectivity index (χ1n) is 8.73. The maximum absolute atomic E-state index is 15.0. The smallest absolute Gasteiger partial charge is 0.166 e. The average Bonchev–Trinajstić information content (AvgIpc) is 2.69. The molecule has 1 aliphatic heterocycles. The Morgan fingerprint density at radius 3 is 2.69 bits per heavy atom. The zero-order valence-corrected chi connectivity index (χ0v) is 15.9. The number of hydrogen-bond donors (Lipinski definition) is 3. The van der Waals surface area contributed by atoms with Crippen molar-refractivity contribution in [2.75, 3.05) is 11.1 Å². The monoisotopic (exact) mass is 414 g/mol. The van der Waals surface area contributed by atoms with E-state index in [0.717, 1.165) is 6.07 Å². The standard InChI is InChI=1S/C21H17ClF2N4O/c22-17-8-15(21(26)16-7-14(25)4-5-19(16)27-11-28-21)18(24)9-20(17)29-10-12-2-1-3-13(23)6-12/h1-9,11H,10,25-26H2,(H,27,28). The van der Waals surface area contributed by atoms with E-state index in [2.05, 4.69) is 10.3 Å². The number of hydrogen-bond acceptors (Lipinski definition) is 5. The van der Waals surface area contributed by atoms with Gasteiger partial charge in [0.1, 0.15) is 24.0 Å². The second-order valence-electron chi connectivity index (χ2n) is 6.66. The van der Waals surface area contributed by atoms with Crippen LogP contribution in [0.1, 0.15) is 16.7 Å². The Morgan fingerprint density at radius 1 is 1.07 bits per heavy atom. The first kappa shape index (κ1) is 19.2. The van der Waals surface area contributed by atoms with Gasteiger partial charge in [0.2, 0.25) is 0 Å². The number of nitrogens with one attached hydrogen (secondary N) is 1. The maximum atomic E-state index is 15.0. The highest BCUT2D eigenvalue weighted by molar-refractivity contribution is 6.32. The van der Waals surface area contributed by atoms with Crippen LogP contribution in [0, 0.1) is 11.6 Å². The molecule has 0 aliphatic carbocycles. The third-order valence-electron chi connectivity index (χ3n) is 4.66. The maximum Gasteiger partial charge on any atom is 0.166 e. The molecular formula is C21H17ClF2N4O. The number of benzene rings is 3. The van der Waals surface area contributed by atoms with Gasteiger partial charge in [-0.2, -0.15) is 0 Å². The molecule has 0 saturated carbocycles. The lowest BCUT2D eigenvalue weighted by Crippen LogP contribution is -2.40. The van der Waals surface area contributed by atoms with Gasteiger partial charge in [-0.05, 0) is 42.0 Å². The number of nitrogens with zero attached hydrogens (tertiary/aromatic N) is 1. The molecule has 0 spiro atoms. The van der Waals surface area contributed by atoms with Crippen LogP contribution in [-0.4, -0.2) is 6.34 Å². The highest BCUT2D eigenvalue weighted by atomic mass is 35.5. The third kappa shape index (κ3) is 3.62. The molecule has 1 atom stereocenters. The molecule has 0 fully saturated rings. The number of nitrogen functional groups attached to an aromatic ring is 1. The van der Waals surface area contributed by atoms with Crippen molar-refractivity contribution in [2.24, 2.45) is 10.7 Å². The molecule has 3 aromatic carbocycles. The van der Waals surface area contributed by atoms with E-state index in [1.807, 2.05) is 0 Å². The van der Waals surface area contributed by atoms with Crippen LogP contribution in [0.25, 0.3) is 0 Å². The minimum Gasteiger partial charge on any atom is -0.487 e. The fraction of sp³-hybridized carbons (Fsp3) is 0.0952. The van der Waals surface area contributed by atoms with Crippen LogP contribution < -0.4 is 21.5 Å². The molecular weight excluding hydrogens is 398 g/mol. The van der Waals surface area contributed by atoms with Crippen molar-refractivity contribution in [3.8, 4) is 5.75 Å². The first-order chi connectivity index (χ1) is 13.9. The van der Waals surface area contributed by atoms with Crippen LogP contribution in [0.4, 0.5) is 20.2 Å². The largest absolute Gasteiger partial charge is 0.487 e. The number of ether oxygens (including phenoxy) is 1. The van der Waals surface area contributed by atoms with Crippen LogP contribution in [0.2, 0.25) is 5.02 Å². The van der Waals surface area contributed by atoms with Gasteiger partial charge in [-0.15, -0.1) is 0 Å². The summed E-state index contributed by atoms with van der Waals surface area (Å²) in [6.45, 7) is 0.0332. The quantitative estimate of drug-likeness (QED) is 0.552. The highest BCUT2D eigenvalue weighted by Gasteiger charge is 2.36. The van der Waals surface area contributed by atoms with E-state index in [-0.39, 0.29) is 28.8 Å². The second-order valence-corrected chi connectivity index (χ2v) is 7.06. The molecule has 4 rings (SSSR count). The van der Waals surface area contributed by atoms with E-state index in [9.17, 15) is 4.39 Å².